The molecule has 7 heteroatoms. The Morgan fingerprint density at radius 3 is 3.00 bits per heavy atom. The zero-order valence-electron chi connectivity index (χ0n) is 9.51. The van der Waals surface area contributed by atoms with Crippen molar-refractivity contribution in [2.45, 2.75) is 6.92 Å². The normalized spacial score (nSPS) is 10.3. The minimum Gasteiger partial charge on any atom is -0.460 e. The standard InChI is InChI=1S/C11H10FN3O3/c1-2-17-11(16)9-14-10(18-15-9)7-4-3-6(12)5-8(7)13/h3-5H,2,13H2,1H3. The molecule has 0 saturated heterocycles. The number of aromatic nitrogens is 2. The van der Waals surface area contributed by atoms with Gasteiger partial charge in [0, 0.05) is 5.69 Å². The number of ether oxygens (including phenoxy) is 1. The first-order valence-corrected chi connectivity index (χ1v) is 5.18. The predicted molar refractivity (Wildman–Crippen MR) is 60.1 cm³/mol. The van der Waals surface area contributed by atoms with Gasteiger partial charge in [0.05, 0.1) is 12.2 Å². The van der Waals surface area contributed by atoms with Crippen LogP contribution >= 0.6 is 0 Å². The van der Waals surface area contributed by atoms with Gasteiger partial charge >= 0.3 is 5.97 Å². The maximum atomic E-state index is 12.9. The fraction of sp³-hybridized carbons (Fsp3) is 0.182. The van der Waals surface area contributed by atoms with Crippen molar-refractivity contribution in [3.63, 3.8) is 0 Å². The van der Waals surface area contributed by atoms with E-state index in [1.165, 1.54) is 12.1 Å². The van der Waals surface area contributed by atoms with Gasteiger partial charge in [-0.15, -0.1) is 0 Å². The molecule has 0 spiro atoms. The van der Waals surface area contributed by atoms with E-state index in [2.05, 4.69) is 10.1 Å². The number of halogens is 1. The zero-order chi connectivity index (χ0) is 13.1. The summed E-state index contributed by atoms with van der Waals surface area (Å²) in [5.74, 6) is -1.32. The Morgan fingerprint density at radius 2 is 2.33 bits per heavy atom. The van der Waals surface area contributed by atoms with Gasteiger partial charge < -0.3 is 15.0 Å². The highest BCUT2D eigenvalue weighted by atomic mass is 19.1. The van der Waals surface area contributed by atoms with Crippen LogP contribution in [0.2, 0.25) is 0 Å². The maximum absolute atomic E-state index is 12.9. The van der Waals surface area contributed by atoms with Gasteiger partial charge in [0.25, 0.3) is 11.7 Å². The number of anilines is 1. The maximum Gasteiger partial charge on any atom is 0.379 e. The molecule has 0 fully saturated rings. The second-order valence-electron chi connectivity index (χ2n) is 3.38. The van der Waals surface area contributed by atoms with Crippen LogP contribution in [-0.4, -0.2) is 22.7 Å². The lowest BCUT2D eigenvalue weighted by Crippen LogP contribution is -2.06. The molecule has 2 N–H and O–H groups in total. The number of nitrogens with two attached hydrogens (primary N) is 1. The monoisotopic (exact) mass is 251 g/mol. The van der Waals surface area contributed by atoms with Crippen molar-refractivity contribution >= 4 is 11.7 Å². The first kappa shape index (κ1) is 12.0. The molecule has 0 radical (unpaired) electrons. The quantitative estimate of drug-likeness (QED) is 0.658. The SMILES string of the molecule is CCOC(=O)c1noc(-c2ccc(F)cc2N)n1. The highest BCUT2D eigenvalue weighted by Gasteiger charge is 2.18. The summed E-state index contributed by atoms with van der Waals surface area (Å²) in [6.45, 7) is 1.87. The fourth-order valence-electron chi connectivity index (χ4n) is 1.34. The minimum absolute atomic E-state index is 0.0375. The van der Waals surface area contributed by atoms with Gasteiger partial charge in [-0.2, -0.15) is 4.98 Å². The molecule has 0 saturated carbocycles. The number of hydrogen-bond donors (Lipinski definition) is 1. The molecule has 1 aromatic heterocycles. The third kappa shape index (κ3) is 2.29. The predicted octanol–water partition coefficient (Wildman–Crippen LogP) is 1.63. The molecule has 94 valence electrons. The molecule has 0 aliphatic heterocycles. The second kappa shape index (κ2) is 4.82. The van der Waals surface area contributed by atoms with Crippen molar-refractivity contribution in [1.29, 1.82) is 0 Å². The average molecular weight is 251 g/mol. The van der Waals surface area contributed by atoms with Crippen LogP contribution in [0.3, 0.4) is 0 Å². The lowest BCUT2D eigenvalue weighted by atomic mass is 10.2. The fourth-order valence-corrected chi connectivity index (χ4v) is 1.34. The van der Waals surface area contributed by atoms with Gasteiger partial charge in [-0.3, -0.25) is 0 Å². The van der Waals surface area contributed by atoms with E-state index in [1.807, 2.05) is 0 Å². The number of nitrogen functional groups attached to an aromatic ring is 1. The number of hydrogen-bond acceptors (Lipinski definition) is 6. The van der Waals surface area contributed by atoms with Crippen molar-refractivity contribution in [3.05, 3.63) is 29.8 Å². The van der Waals surface area contributed by atoms with E-state index in [1.54, 1.807) is 6.92 Å². The van der Waals surface area contributed by atoms with Crippen LogP contribution < -0.4 is 5.73 Å². The Kier molecular flexibility index (Phi) is 3.22. The molecule has 0 aliphatic rings. The molecule has 2 aromatic rings. The van der Waals surface area contributed by atoms with Gasteiger partial charge in [0.15, 0.2) is 0 Å². The van der Waals surface area contributed by atoms with Crippen molar-refractivity contribution in [3.8, 4) is 11.5 Å². The smallest absolute Gasteiger partial charge is 0.379 e. The molecule has 0 atom stereocenters. The van der Waals surface area contributed by atoms with E-state index >= 15 is 0 Å². The molecule has 0 unspecified atom stereocenters. The Bertz CT molecular complexity index is 583. The van der Waals surface area contributed by atoms with Gasteiger partial charge in [0.1, 0.15) is 5.82 Å². The van der Waals surface area contributed by atoms with Gasteiger partial charge in [0.2, 0.25) is 0 Å². The number of nitrogens with zero attached hydrogens (tertiary/aromatic N) is 2. The van der Waals surface area contributed by atoms with E-state index in [4.69, 9.17) is 15.0 Å². The Labute approximate surface area is 102 Å². The first-order valence-electron chi connectivity index (χ1n) is 5.18. The summed E-state index contributed by atoms with van der Waals surface area (Å²) in [4.78, 5) is 15.2. The van der Waals surface area contributed by atoms with Crippen LogP contribution in [0.15, 0.2) is 22.7 Å². The average Bonchev–Trinajstić information content (AvgIpc) is 2.78. The van der Waals surface area contributed by atoms with E-state index in [9.17, 15) is 9.18 Å². The number of esters is 1. The summed E-state index contributed by atoms with van der Waals surface area (Å²) in [6, 6.07) is 3.73. The lowest BCUT2D eigenvalue weighted by Gasteiger charge is -1.99. The molecule has 0 amide bonds. The van der Waals surface area contributed by atoms with Crippen LogP contribution in [0.1, 0.15) is 17.5 Å². The van der Waals surface area contributed by atoms with Crippen molar-refractivity contribution < 1.29 is 18.4 Å². The molecule has 2 rings (SSSR count). The van der Waals surface area contributed by atoms with Gasteiger partial charge in [-0.1, -0.05) is 0 Å². The molecule has 1 heterocycles. The summed E-state index contributed by atoms with van der Waals surface area (Å²) < 4.78 is 22.5. The van der Waals surface area contributed by atoms with E-state index in [-0.39, 0.29) is 24.0 Å². The van der Waals surface area contributed by atoms with Crippen molar-refractivity contribution in [2.24, 2.45) is 0 Å². The third-order valence-corrected chi connectivity index (χ3v) is 2.13. The number of carbonyl (C=O) groups is 1. The summed E-state index contributed by atoms with van der Waals surface area (Å²) in [5, 5.41) is 3.46. The Hall–Kier alpha value is -2.44. The van der Waals surface area contributed by atoms with E-state index in [0.29, 0.717) is 5.56 Å². The summed E-state index contributed by atoms with van der Waals surface area (Å²) in [7, 11) is 0. The van der Waals surface area contributed by atoms with Crippen LogP contribution in [0.4, 0.5) is 10.1 Å². The molecule has 18 heavy (non-hydrogen) atoms. The lowest BCUT2D eigenvalue weighted by molar-refractivity contribution is 0.0508. The highest BCUT2D eigenvalue weighted by molar-refractivity contribution is 5.85. The van der Waals surface area contributed by atoms with E-state index in [0.717, 1.165) is 6.07 Å². The molecule has 0 aliphatic carbocycles. The topological polar surface area (TPSA) is 91.2 Å². The van der Waals surface area contributed by atoms with Crippen molar-refractivity contribution in [2.75, 3.05) is 12.3 Å². The largest absolute Gasteiger partial charge is 0.460 e. The van der Waals surface area contributed by atoms with Crippen LogP contribution in [-0.2, 0) is 4.74 Å². The Morgan fingerprint density at radius 1 is 1.56 bits per heavy atom. The summed E-state index contributed by atoms with van der Waals surface area (Å²) in [6.07, 6.45) is 0. The zero-order valence-corrected chi connectivity index (χ0v) is 9.51. The third-order valence-electron chi connectivity index (χ3n) is 2.13. The van der Waals surface area contributed by atoms with Gasteiger partial charge in [-0.05, 0) is 30.3 Å². The highest BCUT2D eigenvalue weighted by Crippen LogP contribution is 2.24. The number of carbonyl (C=O) groups excluding carboxylic acids is 1. The van der Waals surface area contributed by atoms with Gasteiger partial charge in [-0.25, -0.2) is 9.18 Å². The molecule has 6 nitrogen and oxygen atoms in total. The second-order valence-corrected chi connectivity index (χ2v) is 3.38. The summed E-state index contributed by atoms with van der Waals surface area (Å²) >= 11 is 0. The van der Waals surface area contributed by atoms with Crippen LogP contribution in [0, 0.1) is 5.82 Å². The first-order chi connectivity index (χ1) is 8.61. The molecule has 1 aromatic carbocycles. The molecule has 0 bridgehead atoms. The van der Waals surface area contributed by atoms with E-state index < -0.39 is 11.8 Å². The van der Waals surface area contributed by atoms with Crippen molar-refractivity contribution in [1.82, 2.24) is 10.1 Å². The number of rotatable bonds is 3. The van der Waals surface area contributed by atoms with Crippen LogP contribution in [0.5, 0.6) is 0 Å². The molecular formula is C11H10FN3O3. The number of benzene rings is 1. The minimum atomic E-state index is -0.687. The summed E-state index contributed by atoms with van der Waals surface area (Å²) in [5.41, 5.74) is 6.12. The Balaban J connectivity index is 2.32. The van der Waals surface area contributed by atoms with Crippen LogP contribution in [0.25, 0.3) is 11.5 Å². The molecular weight excluding hydrogens is 241 g/mol.